The van der Waals surface area contributed by atoms with Gasteiger partial charge in [-0.1, -0.05) is 18.2 Å². The number of fused-ring (bicyclic) bond motifs is 1. The van der Waals surface area contributed by atoms with Crippen LogP contribution in [0.4, 0.5) is 5.69 Å². The number of hydrogen-bond acceptors (Lipinski definition) is 5. The van der Waals surface area contributed by atoms with Gasteiger partial charge < -0.3 is 15.2 Å². The normalized spacial score (nSPS) is 15.5. The molecule has 0 saturated carbocycles. The molecule has 1 unspecified atom stereocenters. The van der Waals surface area contributed by atoms with Gasteiger partial charge >= 0.3 is 5.97 Å². The Morgan fingerprint density at radius 2 is 2.04 bits per heavy atom. The molecule has 1 atom stereocenters. The first-order chi connectivity index (χ1) is 13.2. The van der Waals surface area contributed by atoms with E-state index in [4.69, 9.17) is 4.74 Å². The standard InChI is InChI=1S/C21H19N3O3/c25-21(26)18-5-8-23-13-19(18)24-12-16-6-9-27-20-10-14(3-4-17(16)20)15-2-1-7-22-11-15/h1-5,7-8,10-11,13,16,24H,6,9,12H2,(H,25,26). The minimum Gasteiger partial charge on any atom is -0.493 e. The lowest BCUT2D eigenvalue weighted by Crippen LogP contribution is -2.21. The van der Waals surface area contributed by atoms with Crippen LogP contribution in [0.1, 0.15) is 28.3 Å². The first kappa shape index (κ1) is 17.0. The van der Waals surface area contributed by atoms with Crippen LogP contribution in [0.15, 0.2) is 61.2 Å². The smallest absolute Gasteiger partial charge is 0.337 e. The number of carbonyl (C=O) groups is 1. The molecule has 3 heterocycles. The molecule has 6 nitrogen and oxygen atoms in total. The Labute approximate surface area is 156 Å². The molecule has 1 aromatic carbocycles. The summed E-state index contributed by atoms with van der Waals surface area (Å²) < 4.78 is 5.88. The maximum Gasteiger partial charge on any atom is 0.337 e. The number of aromatic carboxylic acids is 1. The quantitative estimate of drug-likeness (QED) is 0.719. The van der Waals surface area contributed by atoms with Gasteiger partial charge in [-0.25, -0.2) is 4.79 Å². The minimum absolute atomic E-state index is 0.226. The monoisotopic (exact) mass is 361 g/mol. The molecule has 136 valence electrons. The van der Waals surface area contributed by atoms with E-state index in [0.29, 0.717) is 18.8 Å². The van der Waals surface area contributed by atoms with E-state index in [9.17, 15) is 9.90 Å². The van der Waals surface area contributed by atoms with Gasteiger partial charge in [0.2, 0.25) is 0 Å². The summed E-state index contributed by atoms with van der Waals surface area (Å²) in [5.41, 5.74) is 4.00. The Kier molecular flexibility index (Phi) is 4.70. The largest absolute Gasteiger partial charge is 0.493 e. The second-order valence-corrected chi connectivity index (χ2v) is 6.44. The fourth-order valence-corrected chi connectivity index (χ4v) is 3.34. The van der Waals surface area contributed by atoms with Crippen molar-refractivity contribution in [3.8, 4) is 16.9 Å². The number of nitrogens with zero attached hydrogens (tertiary/aromatic N) is 2. The van der Waals surface area contributed by atoms with E-state index in [0.717, 1.165) is 28.9 Å². The molecule has 6 heteroatoms. The van der Waals surface area contributed by atoms with Crippen LogP contribution in [0.3, 0.4) is 0 Å². The zero-order valence-electron chi connectivity index (χ0n) is 14.6. The summed E-state index contributed by atoms with van der Waals surface area (Å²) in [5, 5.41) is 12.5. The van der Waals surface area contributed by atoms with Crippen LogP contribution in [0, 0.1) is 0 Å². The number of rotatable bonds is 5. The zero-order valence-corrected chi connectivity index (χ0v) is 14.6. The second kappa shape index (κ2) is 7.45. The molecule has 1 aliphatic rings. The molecule has 0 saturated heterocycles. The van der Waals surface area contributed by atoms with Gasteiger partial charge in [0, 0.05) is 36.6 Å². The highest BCUT2D eigenvalue weighted by molar-refractivity contribution is 5.93. The highest BCUT2D eigenvalue weighted by atomic mass is 16.5. The van der Waals surface area contributed by atoms with Crippen LogP contribution in [-0.4, -0.2) is 34.2 Å². The van der Waals surface area contributed by atoms with Gasteiger partial charge in [0.1, 0.15) is 5.75 Å². The van der Waals surface area contributed by atoms with E-state index >= 15 is 0 Å². The first-order valence-corrected chi connectivity index (χ1v) is 8.80. The average Bonchev–Trinajstić information content (AvgIpc) is 2.72. The third kappa shape index (κ3) is 3.60. The van der Waals surface area contributed by atoms with Crippen molar-refractivity contribution in [1.82, 2.24) is 9.97 Å². The molecule has 0 spiro atoms. The van der Waals surface area contributed by atoms with Gasteiger partial charge in [-0.3, -0.25) is 9.97 Å². The molecule has 4 rings (SSSR count). The number of carboxylic acids is 1. The summed E-state index contributed by atoms with van der Waals surface area (Å²) in [5.74, 6) is 0.144. The van der Waals surface area contributed by atoms with Gasteiger partial charge in [-0.05, 0) is 35.7 Å². The number of carboxylic acid groups (broad SMARTS) is 1. The van der Waals surface area contributed by atoms with Gasteiger partial charge in [-0.15, -0.1) is 0 Å². The lowest BCUT2D eigenvalue weighted by Gasteiger charge is -2.27. The molecule has 27 heavy (non-hydrogen) atoms. The van der Waals surface area contributed by atoms with Gasteiger partial charge in [-0.2, -0.15) is 0 Å². The van der Waals surface area contributed by atoms with E-state index in [-0.39, 0.29) is 11.5 Å². The molecule has 2 aromatic heterocycles. The SMILES string of the molecule is O=C(O)c1ccncc1NCC1CCOc2cc(-c3cccnc3)ccc21. The topological polar surface area (TPSA) is 84.3 Å². The lowest BCUT2D eigenvalue weighted by molar-refractivity contribution is 0.0697. The fourth-order valence-electron chi connectivity index (χ4n) is 3.34. The van der Waals surface area contributed by atoms with E-state index < -0.39 is 5.97 Å². The summed E-state index contributed by atoms with van der Waals surface area (Å²) in [6.07, 6.45) is 7.49. The van der Waals surface area contributed by atoms with Gasteiger partial charge in [0.25, 0.3) is 0 Å². The third-order valence-electron chi connectivity index (χ3n) is 4.76. The average molecular weight is 361 g/mol. The number of hydrogen-bond donors (Lipinski definition) is 2. The van der Waals surface area contributed by atoms with Crippen molar-refractivity contribution in [2.45, 2.75) is 12.3 Å². The molecule has 3 aromatic rings. The molecule has 0 bridgehead atoms. The minimum atomic E-state index is -0.964. The van der Waals surface area contributed by atoms with E-state index in [2.05, 4.69) is 27.4 Å². The molecular weight excluding hydrogens is 342 g/mol. The molecule has 0 aliphatic carbocycles. The van der Waals surface area contributed by atoms with Crippen LogP contribution in [0.25, 0.3) is 11.1 Å². The summed E-state index contributed by atoms with van der Waals surface area (Å²) in [6, 6.07) is 11.6. The lowest BCUT2D eigenvalue weighted by atomic mass is 9.91. The Morgan fingerprint density at radius 3 is 2.85 bits per heavy atom. The predicted octanol–water partition coefficient (Wildman–Crippen LogP) is 3.82. The number of ether oxygens (including phenoxy) is 1. The van der Waals surface area contributed by atoms with Crippen LogP contribution < -0.4 is 10.1 Å². The number of benzene rings is 1. The van der Waals surface area contributed by atoms with Crippen molar-refractivity contribution >= 4 is 11.7 Å². The molecule has 1 aliphatic heterocycles. The summed E-state index contributed by atoms with van der Waals surface area (Å²) in [6.45, 7) is 1.25. The third-order valence-corrected chi connectivity index (χ3v) is 4.76. The Morgan fingerprint density at radius 1 is 1.15 bits per heavy atom. The van der Waals surface area contributed by atoms with Crippen molar-refractivity contribution in [2.75, 3.05) is 18.5 Å². The molecule has 0 radical (unpaired) electrons. The van der Waals surface area contributed by atoms with Crippen molar-refractivity contribution in [2.24, 2.45) is 0 Å². The van der Waals surface area contributed by atoms with Crippen molar-refractivity contribution < 1.29 is 14.6 Å². The molecule has 0 fully saturated rings. The number of aromatic nitrogens is 2. The van der Waals surface area contributed by atoms with E-state index in [1.165, 1.54) is 12.3 Å². The maximum atomic E-state index is 11.4. The highest BCUT2D eigenvalue weighted by Gasteiger charge is 2.22. The summed E-state index contributed by atoms with van der Waals surface area (Å²) >= 11 is 0. The van der Waals surface area contributed by atoms with Crippen molar-refractivity contribution in [1.29, 1.82) is 0 Å². The molecule has 0 amide bonds. The van der Waals surface area contributed by atoms with Gasteiger partial charge in [0.15, 0.2) is 0 Å². The second-order valence-electron chi connectivity index (χ2n) is 6.44. The van der Waals surface area contributed by atoms with Crippen LogP contribution >= 0.6 is 0 Å². The summed E-state index contributed by atoms with van der Waals surface area (Å²) in [4.78, 5) is 19.5. The number of anilines is 1. The highest BCUT2D eigenvalue weighted by Crippen LogP contribution is 2.36. The molecular formula is C21H19N3O3. The van der Waals surface area contributed by atoms with E-state index in [1.54, 1.807) is 12.4 Å². The van der Waals surface area contributed by atoms with Crippen LogP contribution in [0.2, 0.25) is 0 Å². The fraction of sp³-hybridized carbons (Fsp3) is 0.190. The predicted molar refractivity (Wildman–Crippen MR) is 102 cm³/mol. The summed E-state index contributed by atoms with van der Waals surface area (Å²) in [7, 11) is 0. The number of nitrogens with one attached hydrogen (secondary N) is 1. The Hall–Kier alpha value is -3.41. The zero-order chi connectivity index (χ0) is 18.6. The van der Waals surface area contributed by atoms with E-state index in [1.807, 2.05) is 24.4 Å². The maximum absolute atomic E-state index is 11.4. The van der Waals surface area contributed by atoms with Crippen LogP contribution in [-0.2, 0) is 0 Å². The number of pyridine rings is 2. The van der Waals surface area contributed by atoms with Crippen molar-refractivity contribution in [3.05, 3.63) is 72.3 Å². The Balaban J connectivity index is 1.55. The molecule has 2 N–H and O–H groups in total. The van der Waals surface area contributed by atoms with Crippen molar-refractivity contribution in [3.63, 3.8) is 0 Å². The van der Waals surface area contributed by atoms with Gasteiger partial charge in [0.05, 0.1) is 24.1 Å². The van der Waals surface area contributed by atoms with Crippen LogP contribution in [0.5, 0.6) is 5.75 Å². The first-order valence-electron chi connectivity index (χ1n) is 8.80. The Bertz CT molecular complexity index is 960.